The lowest BCUT2D eigenvalue weighted by Crippen LogP contribution is -2.47. The second-order valence-corrected chi connectivity index (χ2v) is 20.5. The summed E-state index contributed by atoms with van der Waals surface area (Å²) in [7, 11) is 0. The van der Waals surface area contributed by atoms with Crippen molar-refractivity contribution in [2.45, 2.75) is 130 Å². The highest BCUT2D eigenvalue weighted by atomic mass is 16.2. The van der Waals surface area contributed by atoms with Gasteiger partial charge in [0.2, 0.25) is 0 Å². The van der Waals surface area contributed by atoms with Crippen molar-refractivity contribution in [3.05, 3.63) is 149 Å². The van der Waals surface area contributed by atoms with E-state index in [1.807, 2.05) is 43.3 Å². The van der Waals surface area contributed by atoms with Gasteiger partial charge in [-0.25, -0.2) is 9.47 Å². The molecule has 4 amide bonds. The Morgan fingerprint density at radius 1 is 0.397 bits per heavy atom. The quantitative estimate of drug-likeness (QED) is 0.0336. The Labute approximate surface area is 420 Å². The molecule has 2 aliphatic heterocycles. The summed E-state index contributed by atoms with van der Waals surface area (Å²) in [6, 6.07) is 23.3. The Kier molecular flexibility index (Phi) is 12.3. The number of amides is 4. The van der Waals surface area contributed by atoms with E-state index in [9.17, 15) is 38.4 Å². The fourth-order valence-corrected chi connectivity index (χ4v) is 12.2. The van der Waals surface area contributed by atoms with Crippen LogP contribution >= 0.6 is 0 Å². The lowest BCUT2D eigenvalue weighted by Gasteiger charge is -2.35. The molecule has 1 atom stereocenters. The largest absolute Gasteiger partial charge is 0.274 e. The molecule has 0 N–H and O–H groups in total. The number of unbranched alkanes of at least 4 members (excludes halogenated alkanes) is 7. The molecule has 0 fully saturated rings. The molecule has 4 heterocycles. The molecule has 0 saturated carbocycles. The van der Waals surface area contributed by atoms with Crippen molar-refractivity contribution in [1.82, 2.24) is 14.0 Å². The van der Waals surface area contributed by atoms with Crippen LogP contribution < -0.4 is 27.1 Å². The first-order valence-electron chi connectivity index (χ1n) is 26.4. The number of hydrogen-bond acceptors (Lipinski definition) is 8. The first kappa shape index (κ1) is 47.7. The van der Waals surface area contributed by atoms with Gasteiger partial charge in [-0.1, -0.05) is 129 Å². The molecular formula is C61H58N4O8. The van der Waals surface area contributed by atoms with Gasteiger partial charge in [-0.05, 0) is 112 Å². The topological polar surface area (TPSA) is 153 Å². The Bertz CT molecular complexity index is 3790. The van der Waals surface area contributed by atoms with Crippen molar-refractivity contribution in [2.24, 2.45) is 5.92 Å². The third-order valence-corrected chi connectivity index (χ3v) is 16.1. The van der Waals surface area contributed by atoms with Crippen LogP contribution in [0.3, 0.4) is 0 Å². The molecule has 1 unspecified atom stereocenters. The van der Waals surface area contributed by atoms with E-state index in [4.69, 9.17) is 0 Å². The molecule has 370 valence electrons. The average Bonchev–Trinajstić information content (AvgIpc) is 3.79. The number of fused-ring (bicyclic) bond motifs is 4. The van der Waals surface area contributed by atoms with Crippen molar-refractivity contribution in [3.63, 3.8) is 0 Å². The Balaban J connectivity index is 0.955. The number of anilines is 1. The number of aromatic nitrogens is 2. The lowest BCUT2D eigenvalue weighted by atomic mass is 9.82. The van der Waals surface area contributed by atoms with Gasteiger partial charge in [0.1, 0.15) is 0 Å². The second kappa shape index (κ2) is 18.8. The highest BCUT2D eigenvalue weighted by molar-refractivity contribution is 6.43. The monoisotopic (exact) mass is 974 g/mol. The number of carbonyl (C=O) groups excluding carboxylic acids is 4. The van der Waals surface area contributed by atoms with Gasteiger partial charge in [0.05, 0.1) is 32.9 Å². The van der Waals surface area contributed by atoms with Gasteiger partial charge in [-0.2, -0.15) is 0 Å². The van der Waals surface area contributed by atoms with E-state index < -0.39 is 34.1 Å². The second-order valence-electron chi connectivity index (χ2n) is 20.5. The molecular weight excluding hydrogens is 917 g/mol. The fraction of sp³-hybridized carbons (Fsp3) is 0.344. The zero-order valence-electron chi connectivity index (χ0n) is 41.9. The third kappa shape index (κ3) is 7.37. The van der Waals surface area contributed by atoms with Crippen LogP contribution in [0, 0.1) is 5.92 Å². The summed E-state index contributed by atoms with van der Waals surface area (Å²) in [5.74, 6) is -1.58. The fourth-order valence-electron chi connectivity index (χ4n) is 12.2. The van der Waals surface area contributed by atoms with E-state index in [-0.39, 0.29) is 74.4 Å². The smallest absolute Gasteiger partial charge is 0.266 e. The average molecular weight is 975 g/mol. The number of benzene rings is 7. The molecule has 12 nitrogen and oxygen atoms in total. The van der Waals surface area contributed by atoms with E-state index in [0.717, 1.165) is 132 Å². The Morgan fingerprint density at radius 2 is 0.836 bits per heavy atom. The molecule has 12 heteroatoms. The molecule has 9 aromatic rings. The summed E-state index contributed by atoms with van der Waals surface area (Å²) in [5.41, 5.74) is -0.558. The van der Waals surface area contributed by atoms with Crippen LogP contribution in [-0.4, -0.2) is 43.7 Å². The predicted octanol–water partition coefficient (Wildman–Crippen LogP) is 11.9. The Hall–Kier alpha value is -7.60. The van der Waals surface area contributed by atoms with Crippen molar-refractivity contribution in [2.75, 3.05) is 4.90 Å². The molecule has 2 aromatic heterocycles. The van der Waals surface area contributed by atoms with Gasteiger partial charge in [0.15, 0.2) is 0 Å². The Morgan fingerprint density at radius 3 is 1.29 bits per heavy atom. The first-order chi connectivity index (χ1) is 35.4. The van der Waals surface area contributed by atoms with Crippen LogP contribution in [0.2, 0.25) is 0 Å². The van der Waals surface area contributed by atoms with Gasteiger partial charge < -0.3 is 0 Å². The summed E-state index contributed by atoms with van der Waals surface area (Å²) in [6.07, 6.45) is 13.7. The maximum absolute atomic E-state index is 14.8. The predicted molar refractivity (Wildman–Crippen MR) is 290 cm³/mol. The first-order valence-corrected chi connectivity index (χ1v) is 26.4. The van der Waals surface area contributed by atoms with E-state index in [0.29, 0.717) is 21.9 Å². The van der Waals surface area contributed by atoms with Crippen molar-refractivity contribution in [1.29, 1.82) is 0 Å². The molecule has 0 bridgehead atoms. The maximum atomic E-state index is 14.8. The number of rotatable bonds is 19. The number of hydrogen-bond donors (Lipinski definition) is 0. The minimum atomic E-state index is -0.694. The van der Waals surface area contributed by atoms with E-state index >= 15 is 0 Å². The highest BCUT2D eigenvalue weighted by Crippen LogP contribution is 2.47. The zero-order chi connectivity index (χ0) is 51.0. The van der Waals surface area contributed by atoms with E-state index in [1.54, 1.807) is 29.2 Å². The third-order valence-electron chi connectivity index (χ3n) is 16.1. The van der Waals surface area contributed by atoms with Gasteiger partial charge in [-0.15, -0.1) is 0 Å². The number of nitrogens with zero attached hydrogens (tertiary/aromatic N) is 4. The van der Waals surface area contributed by atoms with Crippen LogP contribution in [0.25, 0.3) is 70.3 Å². The van der Waals surface area contributed by atoms with Crippen LogP contribution in [-0.2, 0) is 6.54 Å². The molecule has 0 aliphatic carbocycles. The number of imide groups is 2. The minimum Gasteiger partial charge on any atom is -0.274 e. The maximum Gasteiger partial charge on any atom is 0.266 e. The van der Waals surface area contributed by atoms with Gasteiger partial charge in [0.25, 0.3) is 45.9 Å². The molecule has 0 saturated heterocycles. The zero-order valence-corrected chi connectivity index (χ0v) is 41.9. The molecule has 2 aliphatic rings. The SMILES string of the molecule is CCCCCCC(CCCCCC)N1C(=O)c2ccc3c4ccc5c6c(ccc(c7ccc(c2c37)C1=O)c64)C(=O)N(c1cccc(-n2c(=O)c3cc4c(=O)n(CC(CC)CCCC)c(=O)c4cc3c2=O)c1)C5=O. The highest BCUT2D eigenvalue weighted by Gasteiger charge is 2.40. The number of carbonyl (C=O) groups is 4. The van der Waals surface area contributed by atoms with E-state index in [2.05, 4.69) is 20.8 Å². The summed E-state index contributed by atoms with van der Waals surface area (Å²) in [5, 5.41) is 5.94. The summed E-state index contributed by atoms with van der Waals surface area (Å²) >= 11 is 0. The van der Waals surface area contributed by atoms with Gasteiger partial charge in [-0.3, -0.25) is 47.8 Å². The van der Waals surface area contributed by atoms with Crippen LogP contribution in [0.15, 0.2) is 104 Å². The summed E-state index contributed by atoms with van der Waals surface area (Å²) in [4.78, 5) is 117. The summed E-state index contributed by atoms with van der Waals surface area (Å²) in [6.45, 7) is 8.73. The molecule has 7 aromatic carbocycles. The van der Waals surface area contributed by atoms with E-state index in [1.165, 1.54) is 28.8 Å². The van der Waals surface area contributed by atoms with Gasteiger partial charge in [0, 0.05) is 45.6 Å². The van der Waals surface area contributed by atoms with Crippen LogP contribution in [0.4, 0.5) is 5.69 Å². The van der Waals surface area contributed by atoms with Crippen LogP contribution in [0.1, 0.15) is 159 Å². The normalized spacial score (nSPS) is 14.4. The molecule has 11 rings (SSSR count). The van der Waals surface area contributed by atoms with Crippen LogP contribution in [0.5, 0.6) is 0 Å². The molecule has 73 heavy (non-hydrogen) atoms. The summed E-state index contributed by atoms with van der Waals surface area (Å²) < 4.78 is 2.17. The van der Waals surface area contributed by atoms with Crippen molar-refractivity contribution >= 4 is 94.0 Å². The van der Waals surface area contributed by atoms with Crippen molar-refractivity contribution in [3.8, 4) is 5.69 Å². The minimum absolute atomic E-state index is 0.00835. The molecule has 0 spiro atoms. The molecule has 0 radical (unpaired) electrons. The standard InChI is InChI=1S/C61H58N4O8/c1-5-9-12-14-18-35(19-15-13-10-6-2)63-56(68)42-26-22-38-40-24-28-44-53-45(29-25-41(51(40)53)39-23-27-43(57(63)69)52(42)50(38)39)59(71)64(58(44)70)36-20-16-21-37(30-36)65-60(72)48-31-46-47(32-49(48)61(65)73)55(67)62(54(46)66)33-34(8-4)17-11-7-3/h16,20-32,34-35H,5-15,17-19,33H2,1-4H3. The van der Waals surface area contributed by atoms with Gasteiger partial charge >= 0.3 is 0 Å². The van der Waals surface area contributed by atoms with Crippen molar-refractivity contribution < 1.29 is 19.2 Å². The lowest BCUT2D eigenvalue weighted by molar-refractivity contribution is 0.0516.